The molecule has 0 bridgehead atoms. The number of halogens is 3. The minimum atomic E-state index is -4.44. The predicted molar refractivity (Wildman–Crippen MR) is 80.4 cm³/mol. The smallest absolute Gasteiger partial charge is 0.382 e. The molecule has 0 atom stereocenters. The molecule has 2 aromatic rings. The van der Waals surface area contributed by atoms with Gasteiger partial charge in [-0.15, -0.1) is 0 Å². The van der Waals surface area contributed by atoms with Crippen molar-refractivity contribution in [3.05, 3.63) is 54.0 Å². The fraction of sp³-hybridized carbons (Fsp3) is 0.0769. The molecule has 0 aliphatic heterocycles. The zero-order chi connectivity index (χ0) is 16.2. The third-order valence-electron chi connectivity index (χ3n) is 2.48. The molecule has 0 unspecified atom stereocenters. The van der Waals surface area contributed by atoms with Crippen LogP contribution in [0.4, 0.5) is 19.0 Å². The van der Waals surface area contributed by atoms with Crippen LogP contribution in [0.5, 0.6) is 0 Å². The Hall–Kier alpha value is -2.55. The van der Waals surface area contributed by atoms with Crippen LogP contribution >= 0.6 is 12.2 Å². The Bertz CT molecular complexity index is 683. The van der Waals surface area contributed by atoms with E-state index in [0.717, 1.165) is 12.1 Å². The number of pyridine rings is 2. The van der Waals surface area contributed by atoms with Crippen molar-refractivity contribution >= 4 is 29.0 Å². The van der Waals surface area contributed by atoms with Gasteiger partial charge >= 0.3 is 6.18 Å². The van der Waals surface area contributed by atoms with E-state index in [1.807, 2.05) is 0 Å². The number of thiocarbonyl (C=S) groups is 1. The number of anilines is 1. The number of nitrogens with one attached hydrogen (secondary N) is 1. The molecule has 9 heteroatoms. The monoisotopic (exact) mass is 325 g/mol. The summed E-state index contributed by atoms with van der Waals surface area (Å²) >= 11 is 4.95. The van der Waals surface area contributed by atoms with Crippen molar-refractivity contribution in [2.24, 2.45) is 10.7 Å². The lowest BCUT2D eigenvalue weighted by molar-refractivity contribution is -0.137. The summed E-state index contributed by atoms with van der Waals surface area (Å²) in [6.45, 7) is 0. The second-order valence-corrected chi connectivity index (χ2v) is 4.46. The van der Waals surface area contributed by atoms with Gasteiger partial charge in [-0.2, -0.15) is 13.2 Å². The van der Waals surface area contributed by atoms with E-state index in [9.17, 15) is 13.2 Å². The molecule has 2 heterocycles. The fourth-order valence-corrected chi connectivity index (χ4v) is 1.66. The van der Waals surface area contributed by atoms with Crippen molar-refractivity contribution in [2.75, 3.05) is 5.32 Å². The van der Waals surface area contributed by atoms with E-state index in [2.05, 4.69) is 20.3 Å². The van der Waals surface area contributed by atoms with E-state index in [4.69, 9.17) is 18.0 Å². The predicted octanol–water partition coefficient (Wildman–Crippen LogP) is 2.60. The molecule has 0 amide bonds. The lowest BCUT2D eigenvalue weighted by Crippen LogP contribution is -2.19. The third-order valence-corrected chi connectivity index (χ3v) is 2.67. The quantitative estimate of drug-likeness (QED) is 0.504. The number of nitrogens with zero attached hydrogens (tertiary/aromatic N) is 3. The fourth-order valence-electron chi connectivity index (χ4n) is 1.45. The van der Waals surface area contributed by atoms with E-state index >= 15 is 0 Å². The van der Waals surface area contributed by atoms with Crippen molar-refractivity contribution in [3.8, 4) is 0 Å². The van der Waals surface area contributed by atoms with Crippen molar-refractivity contribution in [2.45, 2.75) is 6.18 Å². The summed E-state index contributed by atoms with van der Waals surface area (Å²) < 4.78 is 37.2. The van der Waals surface area contributed by atoms with Crippen LogP contribution in [0, 0.1) is 0 Å². The van der Waals surface area contributed by atoms with E-state index in [1.165, 1.54) is 0 Å². The number of hydrogen-bond acceptors (Lipinski definition) is 3. The molecule has 2 rings (SSSR count). The van der Waals surface area contributed by atoms with Crippen molar-refractivity contribution in [3.63, 3.8) is 0 Å². The summed E-state index contributed by atoms with van der Waals surface area (Å²) in [6, 6.07) is 7.15. The van der Waals surface area contributed by atoms with E-state index in [0.29, 0.717) is 11.9 Å². The van der Waals surface area contributed by atoms with Crippen LogP contribution < -0.4 is 11.1 Å². The van der Waals surface area contributed by atoms with Gasteiger partial charge in [0.05, 0.1) is 5.56 Å². The first-order valence-corrected chi connectivity index (χ1v) is 6.37. The van der Waals surface area contributed by atoms with Crippen LogP contribution in [0.25, 0.3) is 0 Å². The normalized spacial score (nSPS) is 12.0. The second-order valence-electron chi connectivity index (χ2n) is 4.07. The molecule has 5 nitrogen and oxygen atoms in total. The highest BCUT2D eigenvalue weighted by molar-refractivity contribution is 7.80. The molecule has 3 N–H and O–H groups in total. The molecular formula is C13H10F3N5S. The van der Waals surface area contributed by atoms with Crippen LogP contribution in [0.15, 0.2) is 47.7 Å². The van der Waals surface area contributed by atoms with Crippen LogP contribution in [0.3, 0.4) is 0 Å². The van der Waals surface area contributed by atoms with E-state index in [1.54, 1.807) is 24.4 Å². The van der Waals surface area contributed by atoms with Gasteiger partial charge in [0.15, 0.2) is 10.9 Å². The first-order valence-electron chi connectivity index (χ1n) is 5.96. The minimum absolute atomic E-state index is 0.0320. The van der Waals surface area contributed by atoms with Crippen molar-refractivity contribution in [1.29, 1.82) is 0 Å². The molecule has 22 heavy (non-hydrogen) atoms. The summed E-state index contributed by atoms with van der Waals surface area (Å²) in [6.07, 6.45) is -2.18. The van der Waals surface area contributed by atoms with Gasteiger partial charge in [-0.25, -0.2) is 9.98 Å². The average Bonchev–Trinajstić information content (AvgIpc) is 2.47. The molecule has 0 aliphatic rings. The molecule has 0 spiro atoms. The molecule has 0 aliphatic carbocycles. The van der Waals surface area contributed by atoms with Gasteiger partial charge in [0.2, 0.25) is 0 Å². The Kier molecular flexibility index (Phi) is 4.66. The van der Waals surface area contributed by atoms with Gasteiger partial charge in [0.25, 0.3) is 0 Å². The van der Waals surface area contributed by atoms with Gasteiger partial charge in [0, 0.05) is 12.4 Å². The number of aliphatic imine (C=N–C) groups is 1. The Morgan fingerprint density at radius 2 is 1.95 bits per heavy atom. The molecule has 2 aromatic heterocycles. The summed E-state index contributed by atoms with van der Waals surface area (Å²) in [7, 11) is 0. The van der Waals surface area contributed by atoms with E-state index < -0.39 is 11.7 Å². The van der Waals surface area contributed by atoms with Gasteiger partial charge in [-0.05, 0) is 36.5 Å². The maximum absolute atomic E-state index is 12.4. The zero-order valence-electron chi connectivity index (χ0n) is 11.0. The van der Waals surface area contributed by atoms with Crippen LogP contribution in [-0.4, -0.2) is 20.9 Å². The highest BCUT2D eigenvalue weighted by atomic mass is 32.1. The maximum Gasteiger partial charge on any atom is 0.417 e. The molecule has 0 radical (unpaired) electrons. The Labute approximate surface area is 129 Å². The largest absolute Gasteiger partial charge is 0.417 e. The van der Waals surface area contributed by atoms with Crippen LogP contribution in [0.1, 0.15) is 11.3 Å². The third kappa shape index (κ3) is 4.22. The van der Waals surface area contributed by atoms with Crippen molar-refractivity contribution in [1.82, 2.24) is 9.97 Å². The lowest BCUT2D eigenvalue weighted by Gasteiger charge is -2.08. The first-order chi connectivity index (χ1) is 10.4. The first kappa shape index (κ1) is 15.8. The molecule has 114 valence electrons. The van der Waals surface area contributed by atoms with Gasteiger partial charge in [-0.3, -0.25) is 4.98 Å². The highest BCUT2D eigenvalue weighted by Gasteiger charge is 2.30. The van der Waals surface area contributed by atoms with Gasteiger partial charge in [0.1, 0.15) is 11.5 Å². The number of nitrogens with two attached hydrogens (primary N) is 1. The van der Waals surface area contributed by atoms with Gasteiger partial charge < -0.3 is 11.1 Å². The summed E-state index contributed by atoms with van der Waals surface area (Å²) in [5, 5.41) is 2.55. The molecule has 0 saturated carbocycles. The SMILES string of the molecule is NC(=NC(=S)Nc1ccc(C(F)(F)F)cn1)c1ccccn1. The second kappa shape index (κ2) is 6.48. The molecule has 0 saturated heterocycles. The Balaban J connectivity index is 2.06. The van der Waals surface area contributed by atoms with Gasteiger partial charge in [-0.1, -0.05) is 6.07 Å². The average molecular weight is 325 g/mol. The number of aromatic nitrogens is 2. The number of alkyl halides is 3. The molecular weight excluding hydrogens is 315 g/mol. The summed E-state index contributed by atoms with van der Waals surface area (Å²) in [4.78, 5) is 11.5. The Morgan fingerprint density at radius 1 is 1.18 bits per heavy atom. The minimum Gasteiger partial charge on any atom is -0.382 e. The molecule has 0 fully saturated rings. The van der Waals surface area contributed by atoms with Crippen molar-refractivity contribution < 1.29 is 13.2 Å². The number of rotatable bonds is 2. The zero-order valence-corrected chi connectivity index (χ0v) is 11.8. The summed E-state index contributed by atoms with van der Waals surface area (Å²) in [5.74, 6) is 0.223. The van der Waals surface area contributed by atoms with Crippen LogP contribution in [0.2, 0.25) is 0 Å². The number of hydrogen-bond donors (Lipinski definition) is 2. The Morgan fingerprint density at radius 3 is 2.50 bits per heavy atom. The topological polar surface area (TPSA) is 76.2 Å². The number of amidine groups is 1. The highest BCUT2D eigenvalue weighted by Crippen LogP contribution is 2.28. The van der Waals surface area contributed by atoms with E-state index in [-0.39, 0.29) is 16.8 Å². The standard InChI is InChI=1S/C13H10F3N5S/c14-13(15,16)8-4-5-10(19-7-8)20-12(22)21-11(17)9-3-1-2-6-18-9/h1-7H,(H3,17,19,20,21,22). The summed E-state index contributed by atoms with van der Waals surface area (Å²) in [5.41, 5.74) is 5.31. The molecule has 0 aromatic carbocycles. The van der Waals surface area contributed by atoms with Crippen LogP contribution in [-0.2, 0) is 6.18 Å². The maximum atomic E-state index is 12.4. The lowest BCUT2D eigenvalue weighted by atomic mass is 10.3.